The average molecular weight is 516 g/mol. The molecule has 4 aromatic rings. The molecule has 1 fully saturated rings. The van der Waals surface area contributed by atoms with E-state index in [1.807, 2.05) is 4.72 Å². The number of H-pyrrole nitrogens is 1. The molecular formula is C24H20F3N5O3S. The van der Waals surface area contributed by atoms with Crippen molar-refractivity contribution < 1.29 is 26.4 Å². The summed E-state index contributed by atoms with van der Waals surface area (Å²) in [6.45, 7) is 2.19. The van der Waals surface area contributed by atoms with Gasteiger partial charge in [0.05, 0.1) is 22.2 Å². The van der Waals surface area contributed by atoms with E-state index in [0.717, 1.165) is 37.1 Å². The van der Waals surface area contributed by atoms with E-state index in [0.29, 0.717) is 29.5 Å². The maximum Gasteiger partial charge on any atom is 0.264 e. The molecule has 36 heavy (non-hydrogen) atoms. The van der Waals surface area contributed by atoms with Crippen LogP contribution in [0.5, 0.6) is 0 Å². The van der Waals surface area contributed by atoms with Gasteiger partial charge in [0.2, 0.25) is 5.78 Å². The van der Waals surface area contributed by atoms with Crippen molar-refractivity contribution in [1.82, 2.24) is 15.0 Å². The predicted octanol–water partition coefficient (Wildman–Crippen LogP) is 4.54. The standard InChI is InChI=1S/C24H20F3N5O3S/c1-12-2-5-15(25)18(8-12)36(34,35)32-17-7-6-16(26)20(21(17)27)22(33)14-10-29-24-19(14)23(30-11-31-24)28-9-13-3-4-13/h2,5-8,10-11,13,32H,3-4,9H2,1H3,(H2,28,29,30,31). The fourth-order valence-electron chi connectivity index (χ4n) is 3.83. The van der Waals surface area contributed by atoms with E-state index in [-0.39, 0.29) is 10.9 Å². The Hall–Kier alpha value is -3.93. The van der Waals surface area contributed by atoms with Gasteiger partial charge >= 0.3 is 0 Å². The number of hydrogen-bond acceptors (Lipinski definition) is 6. The summed E-state index contributed by atoms with van der Waals surface area (Å²) in [5.74, 6) is -3.88. The number of rotatable bonds is 8. The molecule has 1 aliphatic rings. The minimum absolute atomic E-state index is 0.0913. The van der Waals surface area contributed by atoms with E-state index in [9.17, 15) is 22.0 Å². The summed E-state index contributed by atoms with van der Waals surface area (Å²) in [4.78, 5) is 23.7. The fraction of sp³-hybridized carbons (Fsp3) is 0.208. The predicted molar refractivity (Wildman–Crippen MR) is 127 cm³/mol. The number of carbonyl (C=O) groups is 1. The molecule has 5 rings (SSSR count). The zero-order valence-electron chi connectivity index (χ0n) is 18.9. The molecule has 0 saturated heterocycles. The van der Waals surface area contributed by atoms with Crippen molar-refractivity contribution in [2.24, 2.45) is 5.92 Å². The number of anilines is 2. The number of halogens is 3. The van der Waals surface area contributed by atoms with Crippen molar-refractivity contribution in [3.8, 4) is 0 Å². The van der Waals surface area contributed by atoms with Crippen LogP contribution in [-0.4, -0.2) is 35.7 Å². The molecule has 0 atom stereocenters. The normalized spacial score (nSPS) is 13.7. The number of aromatic amines is 1. The lowest BCUT2D eigenvalue weighted by atomic mass is 10.0. The Bertz CT molecular complexity index is 1620. The Morgan fingerprint density at radius 1 is 1.11 bits per heavy atom. The smallest absolute Gasteiger partial charge is 0.264 e. The molecule has 3 N–H and O–H groups in total. The maximum atomic E-state index is 15.4. The van der Waals surface area contributed by atoms with Crippen LogP contribution in [0.3, 0.4) is 0 Å². The number of benzene rings is 2. The highest BCUT2D eigenvalue weighted by molar-refractivity contribution is 7.92. The van der Waals surface area contributed by atoms with Crippen LogP contribution in [0.2, 0.25) is 0 Å². The van der Waals surface area contributed by atoms with Gasteiger partial charge in [-0.15, -0.1) is 0 Å². The van der Waals surface area contributed by atoms with Crippen LogP contribution in [0.25, 0.3) is 11.0 Å². The molecule has 1 aliphatic carbocycles. The van der Waals surface area contributed by atoms with Crippen LogP contribution >= 0.6 is 0 Å². The van der Waals surface area contributed by atoms with Gasteiger partial charge in [0.25, 0.3) is 10.0 Å². The fourth-order valence-corrected chi connectivity index (χ4v) is 5.05. The number of hydrogen-bond donors (Lipinski definition) is 3. The summed E-state index contributed by atoms with van der Waals surface area (Å²) in [5, 5.41) is 3.40. The second kappa shape index (κ2) is 8.94. The summed E-state index contributed by atoms with van der Waals surface area (Å²) in [6, 6.07) is 5.01. The lowest BCUT2D eigenvalue weighted by Crippen LogP contribution is -2.18. The van der Waals surface area contributed by atoms with E-state index >= 15 is 4.39 Å². The lowest BCUT2D eigenvalue weighted by molar-refractivity contribution is 0.103. The largest absolute Gasteiger partial charge is 0.369 e. The number of carbonyl (C=O) groups excluding carboxylic acids is 1. The summed E-state index contributed by atoms with van der Waals surface area (Å²) < 4.78 is 71.8. The van der Waals surface area contributed by atoms with Gasteiger partial charge in [0.1, 0.15) is 34.3 Å². The van der Waals surface area contributed by atoms with Crippen molar-refractivity contribution in [3.63, 3.8) is 0 Å². The minimum Gasteiger partial charge on any atom is -0.369 e. The molecule has 0 aliphatic heterocycles. The molecule has 1 saturated carbocycles. The number of sulfonamides is 1. The van der Waals surface area contributed by atoms with Gasteiger partial charge in [0, 0.05) is 12.7 Å². The topological polar surface area (TPSA) is 117 Å². The Labute approximate surface area is 204 Å². The summed E-state index contributed by atoms with van der Waals surface area (Å²) in [5.41, 5.74) is -1.02. The second-order valence-corrected chi connectivity index (χ2v) is 10.3. The summed E-state index contributed by atoms with van der Waals surface area (Å²) in [6.07, 6.45) is 4.71. The van der Waals surface area contributed by atoms with E-state index in [2.05, 4.69) is 20.3 Å². The van der Waals surface area contributed by atoms with Gasteiger partial charge in [-0.25, -0.2) is 31.6 Å². The molecule has 12 heteroatoms. The molecule has 0 bridgehead atoms. The van der Waals surface area contributed by atoms with Gasteiger partial charge in [-0.05, 0) is 55.5 Å². The van der Waals surface area contributed by atoms with Gasteiger partial charge in [-0.2, -0.15) is 0 Å². The van der Waals surface area contributed by atoms with Crippen LogP contribution in [0.4, 0.5) is 24.7 Å². The molecule has 186 valence electrons. The monoisotopic (exact) mass is 515 g/mol. The van der Waals surface area contributed by atoms with Gasteiger partial charge in [0.15, 0.2) is 5.82 Å². The van der Waals surface area contributed by atoms with Gasteiger partial charge in [-0.1, -0.05) is 6.07 Å². The minimum atomic E-state index is -4.58. The maximum absolute atomic E-state index is 15.4. The van der Waals surface area contributed by atoms with E-state index < -0.39 is 49.4 Å². The first-order valence-electron chi connectivity index (χ1n) is 11.0. The van der Waals surface area contributed by atoms with Crippen LogP contribution in [0.1, 0.15) is 34.3 Å². The van der Waals surface area contributed by atoms with Crippen molar-refractivity contribution in [1.29, 1.82) is 0 Å². The molecule has 0 unspecified atom stereocenters. The molecule has 0 spiro atoms. The number of nitrogens with zero attached hydrogens (tertiary/aromatic N) is 2. The quantitative estimate of drug-likeness (QED) is 0.297. The number of aromatic nitrogens is 3. The first kappa shape index (κ1) is 23.8. The lowest BCUT2D eigenvalue weighted by Gasteiger charge is -2.13. The molecule has 2 aromatic heterocycles. The SMILES string of the molecule is Cc1ccc(F)c(S(=O)(=O)Nc2ccc(F)c(C(=O)c3c[nH]c4ncnc(NCC5CC5)c34)c2F)c1. The highest BCUT2D eigenvalue weighted by atomic mass is 32.2. The Balaban J connectivity index is 1.53. The zero-order valence-corrected chi connectivity index (χ0v) is 19.7. The van der Waals surface area contributed by atoms with Gasteiger partial charge < -0.3 is 10.3 Å². The summed E-state index contributed by atoms with van der Waals surface area (Å²) >= 11 is 0. The number of aryl methyl sites for hydroxylation is 1. The van der Waals surface area contributed by atoms with Crippen molar-refractivity contribution in [3.05, 3.63) is 77.0 Å². The van der Waals surface area contributed by atoms with Crippen LogP contribution in [-0.2, 0) is 10.0 Å². The highest BCUT2D eigenvalue weighted by Crippen LogP contribution is 2.32. The average Bonchev–Trinajstić information content (AvgIpc) is 3.57. The van der Waals surface area contributed by atoms with E-state index in [1.54, 1.807) is 6.92 Å². The van der Waals surface area contributed by atoms with Gasteiger partial charge in [-0.3, -0.25) is 9.52 Å². The van der Waals surface area contributed by atoms with Crippen molar-refractivity contribution in [2.45, 2.75) is 24.7 Å². The molecule has 0 radical (unpaired) electrons. The molecule has 8 nitrogen and oxygen atoms in total. The van der Waals surface area contributed by atoms with Crippen molar-refractivity contribution in [2.75, 3.05) is 16.6 Å². The third-order valence-corrected chi connectivity index (χ3v) is 7.29. The Morgan fingerprint density at radius 2 is 1.86 bits per heavy atom. The molecular weight excluding hydrogens is 495 g/mol. The molecule has 0 amide bonds. The first-order valence-corrected chi connectivity index (χ1v) is 12.5. The van der Waals surface area contributed by atoms with Crippen LogP contribution < -0.4 is 10.0 Å². The third kappa shape index (κ3) is 4.39. The zero-order chi connectivity index (χ0) is 25.6. The number of nitrogens with one attached hydrogen (secondary N) is 3. The second-order valence-electron chi connectivity index (χ2n) is 8.62. The summed E-state index contributed by atoms with van der Waals surface area (Å²) in [7, 11) is -4.58. The number of ketones is 1. The van der Waals surface area contributed by atoms with Crippen LogP contribution in [0.15, 0.2) is 47.8 Å². The molecule has 2 aromatic carbocycles. The van der Waals surface area contributed by atoms with Crippen molar-refractivity contribution >= 4 is 38.3 Å². The Morgan fingerprint density at radius 3 is 2.61 bits per heavy atom. The highest BCUT2D eigenvalue weighted by Gasteiger charge is 2.29. The van der Waals surface area contributed by atoms with E-state index in [1.165, 1.54) is 18.6 Å². The van der Waals surface area contributed by atoms with E-state index in [4.69, 9.17) is 0 Å². The molecule has 2 heterocycles. The Kier molecular flexibility index (Phi) is 5.91. The first-order chi connectivity index (χ1) is 17.2. The van der Waals surface area contributed by atoms with Crippen LogP contribution in [0, 0.1) is 30.3 Å². The third-order valence-electron chi connectivity index (χ3n) is 5.91. The number of fused-ring (bicyclic) bond motifs is 1.